The molecule has 0 spiro atoms. The van der Waals surface area contributed by atoms with E-state index in [1.54, 1.807) is 12.1 Å². The van der Waals surface area contributed by atoms with Crippen LogP contribution in [0.3, 0.4) is 0 Å². The van der Waals surface area contributed by atoms with E-state index < -0.39 is 23.9 Å². The SMILES string of the molecule is CC1(c2cccc(Oc3ccc4c(c3)C(=O)OC4=O)c2)c2ccc(Oc3ccc4c(c3)C(=O)OC4=O)cc21. The van der Waals surface area contributed by atoms with E-state index in [1.165, 1.54) is 24.3 Å². The smallest absolute Gasteiger partial charge is 0.347 e. The summed E-state index contributed by atoms with van der Waals surface area (Å²) in [6, 6.07) is 22.7. The normalized spacial score (nSPS) is 18.3. The standard InChI is InChI=1S/C30H16O8/c1-30(15-3-2-4-16(11-15)35-17-5-8-20-22(12-17)28(33)37-26(20)31)24-10-7-19(14-25(24)30)36-18-6-9-21-23(13-18)29(34)38-27(21)32/h2-14H,1H3. The molecule has 2 aliphatic heterocycles. The number of benzene rings is 4. The Balaban J connectivity index is 1.12. The molecule has 0 bridgehead atoms. The third-order valence-electron chi connectivity index (χ3n) is 7.12. The second-order valence-electron chi connectivity index (χ2n) is 9.33. The molecule has 2 heterocycles. The predicted octanol–water partition coefficient (Wildman–Crippen LogP) is 5.56. The van der Waals surface area contributed by atoms with Gasteiger partial charge < -0.3 is 18.9 Å². The highest BCUT2D eigenvalue weighted by molar-refractivity contribution is 6.15. The fourth-order valence-electron chi connectivity index (χ4n) is 5.03. The Labute approximate surface area is 215 Å². The highest BCUT2D eigenvalue weighted by Crippen LogP contribution is 2.56. The fraction of sp³-hybridized carbons (Fsp3) is 0.0667. The number of rotatable bonds is 5. The van der Waals surface area contributed by atoms with Crippen LogP contribution in [0.5, 0.6) is 23.0 Å². The summed E-state index contributed by atoms with van der Waals surface area (Å²) in [7, 11) is 0. The van der Waals surface area contributed by atoms with Gasteiger partial charge in [0.1, 0.15) is 23.0 Å². The molecule has 1 unspecified atom stereocenters. The molecule has 0 saturated heterocycles. The van der Waals surface area contributed by atoms with Crippen LogP contribution in [0.2, 0.25) is 0 Å². The van der Waals surface area contributed by atoms with Crippen LogP contribution >= 0.6 is 0 Å². The van der Waals surface area contributed by atoms with Crippen LogP contribution in [0.1, 0.15) is 65.0 Å². The molecule has 1 atom stereocenters. The number of cyclic esters (lactones) is 4. The molecular weight excluding hydrogens is 488 g/mol. The molecule has 0 fully saturated rings. The molecule has 184 valence electrons. The van der Waals surface area contributed by atoms with Gasteiger partial charge in [-0.15, -0.1) is 0 Å². The molecule has 0 saturated carbocycles. The molecule has 0 amide bonds. The van der Waals surface area contributed by atoms with E-state index in [4.69, 9.17) is 9.47 Å². The molecule has 8 nitrogen and oxygen atoms in total. The lowest BCUT2D eigenvalue weighted by Gasteiger charge is -2.13. The molecule has 4 aromatic carbocycles. The van der Waals surface area contributed by atoms with Crippen LogP contribution in [0.4, 0.5) is 0 Å². The Morgan fingerprint density at radius 2 is 1.03 bits per heavy atom. The summed E-state index contributed by atoms with van der Waals surface area (Å²) in [6.45, 7) is 2.11. The Morgan fingerprint density at radius 3 is 1.63 bits per heavy atom. The first-order chi connectivity index (χ1) is 18.3. The van der Waals surface area contributed by atoms with Crippen molar-refractivity contribution < 1.29 is 38.1 Å². The number of esters is 4. The van der Waals surface area contributed by atoms with Crippen molar-refractivity contribution in [1.82, 2.24) is 0 Å². The number of carbonyl (C=O) groups is 4. The summed E-state index contributed by atoms with van der Waals surface area (Å²) in [5, 5.41) is 0. The van der Waals surface area contributed by atoms with Crippen LogP contribution in [-0.2, 0) is 14.9 Å². The summed E-state index contributed by atoms with van der Waals surface area (Å²) >= 11 is 0. The minimum absolute atomic E-state index is 0.185. The maximum atomic E-state index is 11.9. The zero-order chi connectivity index (χ0) is 26.2. The molecule has 0 radical (unpaired) electrons. The van der Waals surface area contributed by atoms with Gasteiger partial charge in [-0.1, -0.05) is 18.2 Å². The van der Waals surface area contributed by atoms with Gasteiger partial charge in [0.2, 0.25) is 0 Å². The number of fused-ring (bicyclic) bond motifs is 3. The van der Waals surface area contributed by atoms with E-state index in [0.29, 0.717) is 23.0 Å². The molecule has 0 N–H and O–H groups in total. The first-order valence-electron chi connectivity index (χ1n) is 11.7. The van der Waals surface area contributed by atoms with E-state index in [1.807, 2.05) is 42.5 Å². The van der Waals surface area contributed by atoms with Gasteiger partial charge in [-0.2, -0.15) is 0 Å². The van der Waals surface area contributed by atoms with Gasteiger partial charge in [-0.25, -0.2) is 19.2 Å². The van der Waals surface area contributed by atoms with Crippen LogP contribution in [0.15, 0.2) is 78.9 Å². The fourth-order valence-corrected chi connectivity index (χ4v) is 5.03. The number of hydrogen-bond donors (Lipinski definition) is 0. The number of ether oxygens (including phenoxy) is 4. The van der Waals surface area contributed by atoms with Gasteiger partial charge >= 0.3 is 23.9 Å². The zero-order valence-corrected chi connectivity index (χ0v) is 19.8. The average Bonchev–Trinajstić information content (AvgIpc) is 3.26. The summed E-state index contributed by atoms with van der Waals surface area (Å²) in [5.41, 5.74) is 3.72. The van der Waals surface area contributed by atoms with E-state index in [9.17, 15) is 19.2 Å². The Bertz CT molecular complexity index is 1770. The molecule has 3 aliphatic rings. The number of hydrogen-bond acceptors (Lipinski definition) is 8. The molecule has 0 aromatic heterocycles. The number of carbonyl (C=O) groups excluding carboxylic acids is 4. The maximum absolute atomic E-state index is 11.9. The predicted molar refractivity (Wildman–Crippen MR) is 131 cm³/mol. The molecular formula is C30H16O8. The first kappa shape index (κ1) is 22.0. The summed E-state index contributed by atoms with van der Waals surface area (Å²) in [4.78, 5) is 47.1. The van der Waals surface area contributed by atoms with Crippen molar-refractivity contribution in [2.24, 2.45) is 0 Å². The molecule has 38 heavy (non-hydrogen) atoms. The van der Waals surface area contributed by atoms with Crippen LogP contribution in [-0.4, -0.2) is 23.9 Å². The van der Waals surface area contributed by atoms with Crippen molar-refractivity contribution in [3.05, 3.63) is 118 Å². The van der Waals surface area contributed by atoms with Gasteiger partial charge in [0.05, 0.1) is 22.3 Å². The van der Waals surface area contributed by atoms with Gasteiger partial charge in [-0.3, -0.25) is 0 Å². The molecule has 8 heteroatoms. The Morgan fingerprint density at radius 1 is 0.526 bits per heavy atom. The largest absolute Gasteiger partial charge is 0.457 e. The van der Waals surface area contributed by atoms with Crippen molar-refractivity contribution in [3.8, 4) is 23.0 Å². The second kappa shape index (κ2) is 7.63. The second-order valence-corrected chi connectivity index (χ2v) is 9.33. The minimum atomic E-state index is -0.684. The lowest BCUT2D eigenvalue weighted by atomic mass is 9.93. The lowest BCUT2D eigenvalue weighted by molar-refractivity contribution is 0.0425. The quantitative estimate of drug-likeness (QED) is 0.257. The molecule has 1 aliphatic carbocycles. The Kier molecular flexibility index (Phi) is 4.42. The van der Waals surface area contributed by atoms with E-state index in [2.05, 4.69) is 16.4 Å². The Hall–Kier alpha value is -5.24. The van der Waals surface area contributed by atoms with Gasteiger partial charge in [0.25, 0.3) is 0 Å². The van der Waals surface area contributed by atoms with E-state index in [-0.39, 0.29) is 27.7 Å². The third-order valence-corrected chi connectivity index (χ3v) is 7.12. The van der Waals surface area contributed by atoms with Crippen molar-refractivity contribution in [2.45, 2.75) is 12.3 Å². The van der Waals surface area contributed by atoms with Crippen molar-refractivity contribution in [1.29, 1.82) is 0 Å². The van der Waals surface area contributed by atoms with E-state index >= 15 is 0 Å². The minimum Gasteiger partial charge on any atom is -0.457 e. The van der Waals surface area contributed by atoms with Crippen molar-refractivity contribution in [3.63, 3.8) is 0 Å². The summed E-state index contributed by atoms with van der Waals surface area (Å²) in [5.74, 6) is -0.663. The topological polar surface area (TPSA) is 105 Å². The van der Waals surface area contributed by atoms with E-state index in [0.717, 1.165) is 16.7 Å². The van der Waals surface area contributed by atoms with Crippen LogP contribution in [0.25, 0.3) is 0 Å². The van der Waals surface area contributed by atoms with Crippen LogP contribution < -0.4 is 9.47 Å². The first-order valence-corrected chi connectivity index (χ1v) is 11.7. The zero-order valence-electron chi connectivity index (χ0n) is 19.8. The van der Waals surface area contributed by atoms with Crippen molar-refractivity contribution in [2.75, 3.05) is 0 Å². The highest BCUT2D eigenvalue weighted by atomic mass is 16.6. The van der Waals surface area contributed by atoms with Crippen molar-refractivity contribution >= 4 is 23.9 Å². The van der Waals surface area contributed by atoms with Gasteiger partial charge in [-0.05, 0) is 84.3 Å². The average molecular weight is 504 g/mol. The third kappa shape index (κ3) is 3.24. The summed E-state index contributed by atoms with van der Waals surface area (Å²) < 4.78 is 21.3. The maximum Gasteiger partial charge on any atom is 0.347 e. The van der Waals surface area contributed by atoms with Crippen LogP contribution in [0, 0.1) is 0 Å². The van der Waals surface area contributed by atoms with Gasteiger partial charge in [0.15, 0.2) is 0 Å². The van der Waals surface area contributed by atoms with Gasteiger partial charge in [0, 0.05) is 5.41 Å². The molecule has 4 aromatic rings. The molecule has 7 rings (SSSR count). The summed E-state index contributed by atoms with van der Waals surface area (Å²) in [6.07, 6.45) is 0. The lowest BCUT2D eigenvalue weighted by Crippen LogP contribution is -2.04. The highest BCUT2D eigenvalue weighted by Gasteiger charge is 2.47. The monoisotopic (exact) mass is 504 g/mol.